The van der Waals surface area contributed by atoms with Gasteiger partial charge in [0.05, 0.1) is 18.4 Å². The smallest absolute Gasteiger partial charge is 0.262 e. The highest BCUT2D eigenvalue weighted by Gasteiger charge is 2.21. The maximum absolute atomic E-state index is 12.7. The average molecular weight is 354 g/mol. The summed E-state index contributed by atoms with van der Waals surface area (Å²) < 4.78 is 3.35. The van der Waals surface area contributed by atoms with E-state index in [1.165, 1.54) is 6.20 Å². The van der Waals surface area contributed by atoms with Crippen LogP contribution in [0, 0.1) is 0 Å². The van der Waals surface area contributed by atoms with Gasteiger partial charge in [-0.15, -0.1) is 0 Å². The minimum atomic E-state index is -0.256. The predicted molar refractivity (Wildman–Crippen MR) is 97.1 cm³/mol. The molecule has 9 nitrogen and oxygen atoms in total. The third kappa shape index (κ3) is 3.18. The van der Waals surface area contributed by atoms with E-state index in [4.69, 9.17) is 5.73 Å². The molecule has 0 spiro atoms. The van der Waals surface area contributed by atoms with Gasteiger partial charge >= 0.3 is 0 Å². The minimum absolute atomic E-state index is 0.256. The van der Waals surface area contributed by atoms with Gasteiger partial charge in [-0.3, -0.25) is 4.79 Å². The summed E-state index contributed by atoms with van der Waals surface area (Å²) in [7, 11) is 0. The van der Waals surface area contributed by atoms with Crippen LogP contribution in [-0.2, 0) is 6.54 Å². The molecule has 0 unspecified atom stereocenters. The Kier molecular flexibility index (Phi) is 4.63. The molecule has 0 aliphatic carbocycles. The Labute approximate surface area is 150 Å². The van der Waals surface area contributed by atoms with Gasteiger partial charge in [-0.1, -0.05) is 0 Å². The van der Waals surface area contributed by atoms with E-state index in [1.807, 2.05) is 6.07 Å². The Morgan fingerprint density at radius 1 is 1.38 bits per heavy atom. The number of nitrogens with one attached hydrogen (secondary N) is 2. The molecule has 1 fully saturated rings. The lowest BCUT2D eigenvalue weighted by atomic mass is 9.95. The summed E-state index contributed by atoms with van der Waals surface area (Å²) in [5.41, 5.74) is 7.66. The Morgan fingerprint density at radius 2 is 2.23 bits per heavy atom. The van der Waals surface area contributed by atoms with Crippen LogP contribution in [0.25, 0.3) is 5.65 Å². The maximum Gasteiger partial charge on any atom is 0.262 e. The van der Waals surface area contributed by atoms with Gasteiger partial charge in [0.2, 0.25) is 0 Å². The van der Waals surface area contributed by atoms with Crippen molar-refractivity contribution in [1.29, 1.82) is 0 Å². The van der Waals surface area contributed by atoms with Crippen LogP contribution in [0.15, 0.2) is 30.7 Å². The Balaban J connectivity index is 1.60. The van der Waals surface area contributed by atoms with Crippen LogP contribution >= 0.6 is 0 Å². The third-order valence-electron chi connectivity index (χ3n) is 4.66. The molecule has 0 aromatic carbocycles. The van der Waals surface area contributed by atoms with E-state index in [0.29, 0.717) is 36.0 Å². The molecule has 1 saturated heterocycles. The first-order valence-electron chi connectivity index (χ1n) is 8.84. The lowest BCUT2D eigenvalue weighted by molar-refractivity contribution is 0.102. The summed E-state index contributed by atoms with van der Waals surface area (Å²) >= 11 is 0. The van der Waals surface area contributed by atoms with Gasteiger partial charge in [0, 0.05) is 30.9 Å². The SMILES string of the molecule is NCCn1nc(C2CCNCC2)cc1NC(=O)c1cnn2cccnc12. The summed E-state index contributed by atoms with van der Waals surface area (Å²) in [6, 6.07) is 3.73. The molecular weight excluding hydrogens is 332 g/mol. The molecule has 1 amide bonds. The lowest BCUT2D eigenvalue weighted by Gasteiger charge is -2.20. The van der Waals surface area contributed by atoms with Crippen molar-refractivity contribution in [2.24, 2.45) is 5.73 Å². The average Bonchev–Trinajstić information content (AvgIpc) is 3.27. The molecule has 136 valence electrons. The molecule has 4 heterocycles. The summed E-state index contributed by atoms with van der Waals surface area (Å²) in [5, 5.41) is 15.1. The van der Waals surface area contributed by atoms with Crippen LogP contribution in [0.5, 0.6) is 0 Å². The maximum atomic E-state index is 12.7. The van der Waals surface area contributed by atoms with Crippen LogP contribution in [-0.4, -0.2) is 49.9 Å². The summed E-state index contributed by atoms with van der Waals surface area (Å²) in [6.45, 7) is 2.98. The van der Waals surface area contributed by atoms with Crippen molar-refractivity contribution in [3.05, 3.63) is 42.0 Å². The van der Waals surface area contributed by atoms with Crippen LogP contribution in [0.2, 0.25) is 0 Å². The molecular formula is C17H22N8O. The first kappa shape index (κ1) is 16.7. The highest BCUT2D eigenvalue weighted by molar-refractivity contribution is 6.07. The first-order chi connectivity index (χ1) is 12.8. The highest BCUT2D eigenvalue weighted by Crippen LogP contribution is 2.26. The molecule has 4 rings (SSSR count). The summed E-state index contributed by atoms with van der Waals surface area (Å²) in [5.74, 6) is 0.808. The summed E-state index contributed by atoms with van der Waals surface area (Å²) in [4.78, 5) is 17.0. The van der Waals surface area contributed by atoms with Gasteiger partial charge in [-0.2, -0.15) is 10.2 Å². The Bertz CT molecular complexity index is 909. The predicted octanol–water partition coefficient (Wildman–Crippen LogP) is 0.604. The number of fused-ring (bicyclic) bond motifs is 1. The monoisotopic (exact) mass is 354 g/mol. The van der Waals surface area contributed by atoms with Gasteiger partial charge < -0.3 is 16.4 Å². The van der Waals surface area contributed by atoms with Crippen molar-refractivity contribution >= 4 is 17.4 Å². The van der Waals surface area contributed by atoms with Crippen LogP contribution < -0.4 is 16.4 Å². The number of rotatable bonds is 5. The van der Waals surface area contributed by atoms with Gasteiger partial charge in [0.25, 0.3) is 5.91 Å². The second-order valence-electron chi connectivity index (χ2n) is 6.39. The fourth-order valence-electron chi connectivity index (χ4n) is 3.32. The highest BCUT2D eigenvalue weighted by atomic mass is 16.1. The molecule has 26 heavy (non-hydrogen) atoms. The molecule has 3 aromatic rings. The van der Waals surface area contributed by atoms with E-state index in [-0.39, 0.29) is 5.91 Å². The van der Waals surface area contributed by atoms with E-state index < -0.39 is 0 Å². The number of carbonyl (C=O) groups excluding carboxylic acids is 1. The van der Waals surface area contributed by atoms with Crippen LogP contribution in [0.4, 0.5) is 5.82 Å². The first-order valence-corrected chi connectivity index (χ1v) is 8.84. The molecule has 0 saturated carbocycles. The van der Waals surface area contributed by atoms with Crippen molar-refractivity contribution in [1.82, 2.24) is 29.7 Å². The topological polar surface area (TPSA) is 115 Å². The number of hydrogen-bond acceptors (Lipinski definition) is 6. The molecule has 1 aliphatic heterocycles. The molecule has 0 radical (unpaired) electrons. The zero-order valence-corrected chi connectivity index (χ0v) is 14.4. The fourth-order valence-corrected chi connectivity index (χ4v) is 3.32. The molecule has 9 heteroatoms. The van der Waals surface area contributed by atoms with Gasteiger partial charge in [-0.05, 0) is 32.0 Å². The number of piperidine rings is 1. The Morgan fingerprint density at radius 3 is 3.04 bits per heavy atom. The molecule has 0 atom stereocenters. The second kappa shape index (κ2) is 7.22. The number of carbonyl (C=O) groups is 1. The zero-order valence-electron chi connectivity index (χ0n) is 14.4. The zero-order chi connectivity index (χ0) is 17.9. The van der Waals surface area contributed by atoms with Crippen molar-refractivity contribution in [2.75, 3.05) is 25.0 Å². The number of aromatic nitrogens is 5. The van der Waals surface area contributed by atoms with Crippen molar-refractivity contribution in [3.63, 3.8) is 0 Å². The van der Waals surface area contributed by atoms with Crippen molar-refractivity contribution < 1.29 is 4.79 Å². The van der Waals surface area contributed by atoms with Crippen LogP contribution in [0.3, 0.4) is 0 Å². The second-order valence-corrected chi connectivity index (χ2v) is 6.39. The quantitative estimate of drug-likeness (QED) is 0.618. The van der Waals surface area contributed by atoms with Crippen molar-refractivity contribution in [3.8, 4) is 0 Å². The molecule has 3 aromatic heterocycles. The van der Waals surface area contributed by atoms with E-state index in [9.17, 15) is 4.79 Å². The molecule has 4 N–H and O–H groups in total. The minimum Gasteiger partial charge on any atom is -0.329 e. The standard InChI is InChI=1S/C17H22N8O/c18-4-9-24-15(10-14(23-24)12-2-6-19-7-3-12)22-17(26)13-11-21-25-8-1-5-20-16(13)25/h1,5,8,10-12,19H,2-4,6-7,9,18H2,(H,22,26). The normalized spacial score (nSPS) is 15.4. The largest absolute Gasteiger partial charge is 0.329 e. The number of hydrogen-bond donors (Lipinski definition) is 3. The summed E-state index contributed by atoms with van der Waals surface area (Å²) in [6.07, 6.45) is 7.01. The fraction of sp³-hybridized carbons (Fsp3) is 0.412. The van der Waals surface area contributed by atoms with Gasteiger partial charge in [-0.25, -0.2) is 14.2 Å². The van der Waals surface area contributed by atoms with Crippen molar-refractivity contribution in [2.45, 2.75) is 25.3 Å². The number of nitrogens with zero attached hydrogens (tertiary/aromatic N) is 5. The van der Waals surface area contributed by atoms with Gasteiger partial charge in [0.1, 0.15) is 11.4 Å². The van der Waals surface area contributed by atoms with E-state index in [0.717, 1.165) is 31.6 Å². The third-order valence-corrected chi connectivity index (χ3v) is 4.66. The van der Waals surface area contributed by atoms with E-state index >= 15 is 0 Å². The number of amides is 1. The Hall–Kier alpha value is -2.78. The van der Waals surface area contributed by atoms with E-state index in [1.54, 1.807) is 27.7 Å². The lowest BCUT2D eigenvalue weighted by Crippen LogP contribution is -2.26. The number of anilines is 1. The van der Waals surface area contributed by atoms with Gasteiger partial charge in [0.15, 0.2) is 5.65 Å². The number of nitrogens with two attached hydrogens (primary N) is 1. The van der Waals surface area contributed by atoms with E-state index in [2.05, 4.69) is 25.8 Å². The molecule has 0 bridgehead atoms. The van der Waals surface area contributed by atoms with Crippen LogP contribution in [0.1, 0.15) is 34.8 Å². The molecule has 1 aliphatic rings.